The van der Waals surface area contributed by atoms with Crippen LogP contribution in [0.3, 0.4) is 0 Å². The summed E-state index contributed by atoms with van der Waals surface area (Å²) in [4.78, 5) is 12.1. The van der Waals surface area contributed by atoms with E-state index in [2.05, 4.69) is 29.6 Å². The van der Waals surface area contributed by atoms with E-state index in [9.17, 15) is 4.79 Å². The second-order valence-corrected chi connectivity index (χ2v) is 5.41. The monoisotopic (exact) mass is 308 g/mol. The number of aromatic nitrogens is 1. The third-order valence-electron chi connectivity index (χ3n) is 3.83. The zero-order valence-corrected chi connectivity index (χ0v) is 13.2. The van der Waals surface area contributed by atoms with Crippen molar-refractivity contribution in [3.63, 3.8) is 0 Å². The van der Waals surface area contributed by atoms with Crippen LogP contribution >= 0.6 is 0 Å². The van der Waals surface area contributed by atoms with Crippen molar-refractivity contribution < 1.29 is 9.53 Å². The van der Waals surface area contributed by atoms with Crippen LogP contribution in [0.2, 0.25) is 0 Å². The topological polar surface area (TPSA) is 43.3 Å². The van der Waals surface area contributed by atoms with E-state index in [1.807, 2.05) is 30.5 Å². The van der Waals surface area contributed by atoms with Crippen LogP contribution in [0.25, 0.3) is 21.9 Å². The molecule has 118 valence electrons. The number of nitrogens with zero attached hydrogens (tertiary/aromatic N) is 1. The first-order valence-electron chi connectivity index (χ1n) is 7.73. The first-order valence-corrected chi connectivity index (χ1v) is 7.73. The lowest BCUT2D eigenvalue weighted by Gasteiger charge is -2.06. The lowest BCUT2D eigenvalue weighted by Crippen LogP contribution is -2.28. The van der Waals surface area contributed by atoms with Gasteiger partial charge in [0.25, 0.3) is 0 Å². The standard InChI is InChI=1S/C19H20N2O2/c1-23-13-5-11-20-19(22)21-12-10-16(14-21)18-9-4-7-15-6-2-3-8-17(15)18/h2-4,6-10,12,14H,5,11,13H2,1H3,(H,20,22). The molecular formula is C19H20N2O2. The minimum Gasteiger partial charge on any atom is -0.385 e. The third kappa shape index (κ3) is 3.43. The van der Waals surface area contributed by atoms with Crippen molar-refractivity contribution >= 4 is 16.8 Å². The summed E-state index contributed by atoms with van der Waals surface area (Å²) in [6.45, 7) is 1.25. The normalized spacial score (nSPS) is 10.8. The predicted octanol–water partition coefficient (Wildman–Crippen LogP) is 3.90. The Morgan fingerprint density at radius 2 is 1.96 bits per heavy atom. The third-order valence-corrected chi connectivity index (χ3v) is 3.83. The molecule has 3 rings (SSSR count). The number of methoxy groups -OCH3 is 1. The van der Waals surface area contributed by atoms with E-state index in [0.29, 0.717) is 13.2 Å². The summed E-state index contributed by atoms with van der Waals surface area (Å²) in [6, 6.07) is 16.3. The van der Waals surface area contributed by atoms with Gasteiger partial charge in [-0.2, -0.15) is 0 Å². The molecule has 1 aromatic heterocycles. The van der Waals surface area contributed by atoms with Gasteiger partial charge in [0.05, 0.1) is 0 Å². The molecule has 0 saturated carbocycles. The van der Waals surface area contributed by atoms with Gasteiger partial charge in [0.1, 0.15) is 0 Å². The highest BCUT2D eigenvalue weighted by molar-refractivity contribution is 5.96. The summed E-state index contributed by atoms with van der Waals surface area (Å²) in [5.74, 6) is 0. The molecule has 0 radical (unpaired) electrons. The summed E-state index contributed by atoms with van der Waals surface area (Å²) in [7, 11) is 1.66. The van der Waals surface area contributed by atoms with Gasteiger partial charge < -0.3 is 10.1 Å². The maximum atomic E-state index is 12.1. The molecule has 0 spiro atoms. The van der Waals surface area contributed by atoms with E-state index >= 15 is 0 Å². The highest BCUT2D eigenvalue weighted by Crippen LogP contribution is 2.28. The minimum atomic E-state index is -0.118. The van der Waals surface area contributed by atoms with Crippen LogP contribution in [-0.4, -0.2) is 30.9 Å². The molecule has 4 heteroatoms. The second kappa shape index (κ2) is 7.11. The number of nitrogens with one attached hydrogen (secondary N) is 1. The SMILES string of the molecule is COCCCNC(=O)n1ccc(-c2cccc3ccccc23)c1. The zero-order valence-electron chi connectivity index (χ0n) is 13.2. The van der Waals surface area contributed by atoms with Crippen molar-refractivity contribution in [3.05, 3.63) is 60.9 Å². The van der Waals surface area contributed by atoms with Gasteiger partial charge in [-0.05, 0) is 28.8 Å². The highest BCUT2D eigenvalue weighted by Gasteiger charge is 2.08. The molecule has 1 heterocycles. The Bertz CT molecular complexity index is 802. The first kappa shape index (κ1) is 15.3. The lowest BCUT2D eigenvalue weighted by atomic mass is 10.0. The van der Waals surface area contributed by atoms with E-state index in [4.69, 9.17) is 4.74 Å². The van der Waals surface area contributed by atoms with Crippen LogP contribution in [0, 0.1) is 0 Å². The molecule has 0 unspecified atom stereocenters. The largest absolute Gasteiger partial charge is 0.385 e. The van der Waals surface area contributed by atoms with Gasteiger partial charge in [0, 0.05) is 38.2 Å². The molecule has 1 N–H and O–H groups in total. The Morgan fingerprint density at radius 3 is 2.83 bits per heavy atom. The van der Waals surface area contributed by atoms with E-state index in [1.54, 1.807) is 17.9 Å². The predicted molar refractivity (Wildman–Crippen MR) is 92.7 cm³/mol. The van der Waals surface area contributed by atoms with Crippen LogP contribution in [0.15, 0.2) is 60.9 Å². The van der Waals surface area contributed by atoms with Crippen LogP contribution in [0.4, 0.5) is 4.79 Å². The zero-order chi connectivity index (χ0) is 16.1. The van der Waals surface area contributed by atoms with Crippen molar-refractivity contribution in [2.75, 3.05) is 20.3 Å². The number of carbonyl (C=O) groups is 1. The number of benzene rings is 2. The average molecular weight is 308 g/mol. The molecule has 1 amide bonds. The van der Waals surface area contributed by atoms with E-state index in [1.165, 1.54) is 10.8 Å². The van der Waals surface area contributed by atoms with Gasteiger partial charge in [-0.3, -0.25) is 4.57 Å². The average Bonchev–Trinajstić information content (AvgIpc) is 3.08. The number of rotatable bonds is 5. The molecule has 2 aromatic carbocycles. The molecule has 0 aliphatic rings. The maximum Gasteiger partial charge on any atom is 0.325 e. The fraction of sp³-hybridized carbons (Fsp3) is 0.211. The minimum absolute atomic E-state index is 0.118. The summed E-state index contributed by atoms with van der Waals surface area (Å²) >= 11 is 0. The van der Waals surface area contributed by atoms with Crippen molar-refractivity contribution in [1.29, 1.82) is 0 Å². The van der Waals surface area contributed by atoms with Crippen LogP contribution in [-0.2, 0) is 4.74 Å². The molecule has 3 aromatic rings. The van der Waals surface area contributed by atoms with E-state index in [0.717, 1.165) is 17.5 Å². The van der Waals surface area contributed by atoms with Crippen LogP contribution < -0.4 is 5.32 Å². The quantitative estimate of drug-likeness (QED) is 0.726. The molecule has 4 nitrogen and oxygen atoms in total. The number of hydrogen-bond acceptors (Lipinski definition) is 2. The van der Waals surface area contributed by atoms with Gasteiger partial charge in [-0.15, -0.1) is 0 Å². The number of hydrogen-bond donors (Lipinski definition) is 1. The molecule has 0 bridgehead atoms. The Morgan fingerprint density at radius 1 is 1.13 bits per heavy atom. The second-order valence-electron chi connectivity index (χ2n) is 5.41. The van der Waals surface area contributed by atoms with Gasteiger partial charge >= 0.3 is 6.03 Å². The van der Waals surface area contributed by atoms with Crippen molar-refractivity contribution in [3.8, 4) is 11.1 Å². The Labute approximate surface area is 135 Å². The summed E-state index contributed by atoms with van der Waals surface area (Å²) in [6.07, 6.45) is 4.47. The molecular weight excluding hydrogens is 288 g/mol. The highest BCUT2D eigenvalue weighted by atomic mass is 16.5. The van der Waals surface area contributed by atoms with Crippen molar-refractivity contribution in [2.24, 2.45) is 0 Å². The van der Waals surface area contributed by atoms with Crippen LogP contribution in [0.5, 0.6) is 0 Å². The molecule has 23 heavy (non-hydrogen) atoms. The fourth-order valence-electron chi connectivity index (χ4n) is 2.66. The summed E-state index contributed by atoms with van der Waals surface area (Å²) < 4.78 is 6.56. The Kier molecular flexibility index (Phi) is 4.74. The van der Waals surface area contributed by atoms with E-state index in [-0.39, 0.29) is 6.03 Å². The lowest BCUT2D eigenvalue weighted by molar-refractivity contribution is 0.193. The Hall–Kier alpha value is -2.59. The Balaban J connectivity index is 1.80. The molecule has 0 aliphatic heterocycles. The maximum absolute atomic E-state index is 12.1. The smallest absolute Gasteiger partial charge is 0.325 e. The molecule has 0 atom stereocenters. The van der Waals surface area contributed by atoms with Crippen LogP contribution in [0.1, 0.15) is 6.42 Å². The van der Waals surface area contributed by atoms with Gasteiger partial charge in [0.2, 0.25) is 0 Å². The number of amides is 1. The fourth-order valence-corrected chi connectivity index (χ4v) is 2.66. The molecule has 0 saturated heterocycles. The van der Waals surface area contributed by atoms with E-state index < -0.39 is 0 Å². The number of fused-ring (bicyclic) bond motifs is 1. The summed E-state index contributed by atoms with van der Waals surface area (Å²) in [5.41, 5.74) is 2.17. The van der Waals surface area contributed by atoms with Crippen molar-refractivity contribution in [2.45, 2.75) is 6.42 Å². The van der Waals surface area contributed by atoms with Gasteiger partial charge in [-0.1, -0.05) is 42.5 Å². The number of ether oxygens (including phenoxy) is 1. The number of carbonyl (C=O) groups excluding carboxylic acids is 1. The van der Waals surface area contributed by atoms with Gasteiger partial charge in [-0.25, -0.2) is 4.79 Å². The molecule has 0 aliphatic carbocycles. The summed E-state index contributed by atoms with van der Waals surface area (Å²) in [5, 5.41) is 5.26. The molecule has 0 fully saturated rings. The first-order chi connectivity index (χ1) is 11.3. The van der Waals surface area contributed by atoms with Crippen molar-refractivity contribution in [1.82, 2.24) is 9.88 Å². The van der Waals surface area contributed by atoms with Gasteiger partial charge in [0.15, 0.2) is 0 Å².